The van der Waals surface area contributed by atoms with E-state index in [0.29, 0.717) is 31.0 Å². The fourth-order valence-electron chi connectivity index (χ4n) is 1.77. The topological polar surface area (TPSA) is 117 Å². The van der Waals surface area contributed by atoms with Gasteiger partial charge in [0.1, 0.15) is 11.4 Å². The first-order valence-electron chi connectivity index (χ1n) is 7.39. The van der Waals surface area contributed by atoms with E-state index < -0.39 is 17.6 Å². The number of primary amides is 1. The molecule has 0 saturated carbocycles. The second-order valence-corrected chi connectivity index (χ2v) is 6.20. The summed E-state index contributed by atoms with van der Waals surface area (Å²) in [6.07, 6.45) is 0.0829. The first-order valence-corrected chi connectivity index (χ1v) is 7.39. The molecular formula is C16H25N3O4. The number of benzene rings is 1. The third kappa shape index (κ3) is 6.46. The van der Waals surface area contributed by atoms with Gasteiger partial charge in [0.2, 0.25) is 0 Å². The van der Waals surface area contributed by atoms with Gasteiger partial charge in [0, 0.05) is 12.2 Å². The predicted molar refractivity (Wildman–Crippen MR) is 88.5 cm³/mol. The molecule has 0 aliphatic carbocycles. The maximum atomic E-state index is 11.5. The van der Waals surface area contributed by atoms with E-state index in [9.17, 15) is 9.59 Å². The molecule has 0 radical (unpaired) electrons. The number of carbonyl (C=O) groups excluding carboxylic acids is 2. The Bertz CT molecular complexity index is 579. The van der Waals surface area contributed by atoms with Crippen LogP contribution in [0.2, 0.25) is 0 Å². The van der Waals surface area contributed by atoms with E-state index >= 15 is 0 Å². The normalized spacial score (nSPS) is 11.0. The number of nitrogen functional groups attached to an aromatic ring is 1. The Morgan fingerprint density at radius 3 is 2.48 bits per heavy atom. The van der Waals surface area contributed by atoms with E-state index in [1.165, 1.54) is 6.07 Å². The molecule has 128 valence electrons. The fraction of sp³-hybridized carbons (Fsp3) is 0.500. The number of amides is 2. The lowest BCUT2D eigenvalue weighted by Gasteiger charge is -2.19. The van der Waals surface area contributed by atoms with Crippen LogP contribution in [0.1, 0.15) is 43.1 Å². The Balaban J connectivity index is 2.46. The van der Waals surface area contributed by atoms with Crippen molar-refractivity contribution >= 4 is 17.7 Å². The summed E-state index contributed by atoms with van der Waals surface area (Å²) in [7, 11) is 0. The van der Waals surface area contributed by atoms with Gasteiger partial charge in [0.25, 0.3) is 5.91 Å². The minimum absolute atomic E-state index is 0.244. The maximum Gasteiger partial charge on any atom is 0.407 e. The predicted octanol–water partition coefficient (Wildman–Crippen LogP) is 1.97. The molecule has 7 heteroatoms. The summed E-state index contributed by atoms with van der Waals surface area (Å²) in [5.41, 5.74) is 12.1. The average Bonchev–Trinajstić information content (AvgIpc) is 2.39. The highest BCUT2D eigenvalue weighted by Crippen LogP contribution is 2.24. The molecular weight excluding hydrogens is 298 g/mol. The highest BCUT2D eigenvalue weighted by Gasteiger charge is 2.15. The van der Waals surface area contributed by atoms with Gasteiger partial charge in [-0.2, -0.15) is 0 Å². The maximum absolute atomic E-state index is 11.5. The van der Waals surface area contributed by atoms with E-state index in [2.05, 4.69) is 5.32 Å². The average molecular weight is 323 g/mol. The molecule has 0 atom stereocenters. The summed E-state index contributed by atoms with van der Waals surface area (Å²) in [4.78, 5) is 22.9. The molecule has 0 aliphatic heterocycles. The molecule has 2 amide bonds. The molecule has 1 aromatic carbocycles. The lowest BCUT2D eigenvalue weighted by molar-refractivity contribution is 0.0525. The second kappa shape index (κ2) is 7.71. The SMILES string of the molecule is Cc1cc(OCCCNC(=O)OC(C)(C)C)c(C(N)=O)cc1N. The summed E-state index contributed by atoms with van der Waals surface area (Å²) in [6.45, 7) is 7.92. The van der Waals surface area contributed by atoms with Crippen LogP contribution in [-0.2, 0) is 4.74 Å². The van der Waals surface area contributed by atoms with Crippen LogP contribution in [0.25, 0.3) is 0 Å². The van der Waals surface area contributed by atoms with Gasteiger partial charge >= 0.3 is 6.09 Å². The number of anilines is 1. The number of ether oxygens (including phenoxy) is 2. The van der Waals surface area contributed by atoms with Crippen molar-refractivity contribution in [2.45, 2.75) is 39.7 Å². The molecule has 1 rings (SSSR count). The van der Waals surface area contributed by atoms with Gasteiger partial charge in [-0.05, 0) is 51.8 Å². The number of carbonyl (C=O) groups is 2. The third-order valence-electron chi connectivity index (χ3n) is 2.88. The van der Waals surface area contributed by atoms with Gasteiger partial charge in [-0.1, -0.05) is 0 Å². The minimum Gasteiger partial charge on any atom is -0.493 e. The van der Waals surface area contributed by atoms with Gasteiger partial charge < -0.3 is 26.3 Å². The second-order valence-electron chi connectivity index (χ2n) is 6.20. The molecule has 0 heterocycles. The summed E-state index contributed by atoms with van der Waals surface area (Å²) < 4.78 is 10.7. The summed E-state index contributed by atoms with van der Waals surface area (Å²) in [5, 5.41) is 2.63. The Hall–Kier alpha value is -2.44. The van der Waals surface area contributed by atoms with Gasteiger partial charge in [-0.15, -0.1) is 0 Å². The van der Waals surface area contributed by atoms with Crippen molar-refractivity contribution < 1.29 is 19.1 Å². The van der Waals surface area contributed by atoms with Crippen LogP contribution < -0.4 is 21.5 Å². The third-order valence-corrected chi connectivity index (χ3v) is 2.88. The Morgan fingerprint density at radius 2 is 1.91 bits per heavy atom. The molecule has 0 aliphatic rings. The van der Waals surface area contributed by atoms with Crippen molar-refractivity contribution in [3.8, 4) is 5.75 Å². The number of hydrogen-bond donors (Lipinski definition) is 3. The highest BCUT2D eigenvalue weighted by atomic mass is 16.6. The van der Waals surface area contributed by atoms with E-state index in [1.54, 1.807) is 26.8 Å². The largest absolute Gasteiger partial charge is 0.493 e. The number of nitrogens with one attached hydrogen (secondary N) is 1. The molecule has 0 aromatic heterocycles. The van der Waals surface area contributed by atoms with Crippen molar-refractivity contribution in [1.29, 1.82) is 0 Å². The van der Waals surface area contributed by atoms with Crippen molar-refractivity contribution in [2.24, 2.45) is 5.73 Å². The van der Waals surface area contributed by atoms with Gasteiger partial charge in [-0.3, -0.25) is 4.79 Å². The molecule has 0 fully saturated rings. The molecule has 1 aromatic rings. The van der Waals surface area contributed by atoms with Crippen LogP contribution in [0, 0.1) is 6.92 Å². The van der Waals surface area contributed by atoms with Crippen LogP contribution in [0.15, 0.2) is 12.1 Å². The number of aryl methyl sites for hydroxylation is 1. The van der Waals surface area contributed by atoms with Crippen LogP contribution >= 0.6 is 0 Å². The molecule has 5 N–H and O–H groups in total. The van der Waals surface area contributed by atoms with Crippen molar-refractivity contribution in [1.82, 2.24) is 5.32 Å². The van der Waals surface area contributed by atoms with Crippen molar-refractivity contribution in [2.75, 3.05) is 18.9 Å². The van der Waals surface area contributed by atoms with Crippen molar-refractivity contribution in [3.05, 3.63) is 23.3 Å². The van der Waals surface area contributed by atoms with Crippen LogP contribution in [0.3, 0.4) is 0 Å². The van der Waals surface area contributed by atoms with Gasteiger partial charge in [0.15, 0.2) is 0 Å². The minimum atomic E-state index is -0.599. The monoisotopic (exact) mass is 323 g/mol. The Labute approximate surface area is 136 Å². The zero-order valence-electron chi connectivity index (χ0n) is 14.1. The smallest absolute Gasteiger partial charge is 0.407 e. The first kappa shape index (κ1) is 18.6. The first-order chi connectivity index (χ1) is 10.6. The van der Waals surface area contributed by atoms with Gasteiger partial charge in [0.05, 0.1) is 12.2 Å². The number of hydrogen-bond acceptors (Lipinski definition) is 5. The molecule has 23 heavy (non-hydrogen) atoms. The van der Waals surface area contributed by atoms with E-state index in [-0.39, 0.29) is 5.56 Å². The van der Waals surface area contributed by atoms with Crippen LogP contribution in [-0.4, -0.2) is 30.8 Å². The zero-order chi connectivity index (χ0) is 17.6. The van der Waals surface area contributed by atoms with Gasteiger partial charge in [-0.25, -0.2) is 4.79 Å². The highest BCUT2D eigenvalue weighted by molar-refractivity contribution is 5.96. The fourth-order valence-corrected chi connectivity index (χ4v) is 1.77. The number of alkyl carbamates (subject to hydrolysis) is 1. The van der Waals surface area contributed by atoms with E-state index in [4.69, 9.17) is 20.9 Å². The van der Waals surface area contributed by atoms with E-state index in [0.717, 1.165) is 5.56 Å². The molecule has 0 spiro atoms. The lowest BCUT2D eigenvalue weighted by Crippen LogP contribution is -2.33. The summed E-state index contributed by atoms with van der Waals surface area (Å²) >= 11 is 0. The summed E-state index contributed by atoms with van der Waals surface area (Å²) in [5.74, 6) is -0.208. The molecule has 7 nitrogen and oxygen atoms in total. The Morgan fingerprint density at radius 1 is 1.26 bits per heavy atom. The summed E-state index contributed by atoms with van der Waals surface area (Å²) in [6, 6.07) is 3.18. The zero-order valence-corrected chi connectivity index (χ0v) is 14.1. The standard InChI is InChI=1S/C16H25N3O4/c1-10-8-13(11(14(18)20)9-12(10)17)22-7-5-6-19-15(21)23-16(2,3)4/h8-9H,5-7,17H2,1-4H3,(H2,18,20)(H,19,21). The van der Waals surface area contributed by atoms with Crippen LogP contribution in [0.4, 0.5) is 10.5 Å². The molecule has 0 bridgehead atoms. The van der Waals surface area contributed by atoms with Crippen molar-refractivity contribution in [3.63, 3.8) is 0 Å². The number of rotatable bonds is 6. The number of nitrogens with two attached hydrogens (primary N) is 2. The lowest BCUT2D eigenvalue weighted by atomic mass is 10.1. The Kier molecular flexibility index (Phi) is 6.24. The van der Waals surface area contributed by atoms with Crippen LogP contribution in [0.5, 0.6) is 5.75 Å². The molecule has 0 unspecified atom stereocenters. The van der Waals surface area contributed by atoms with E-state index in [1.807, 2.05) is 6.92 Å². The molecule has 0 saturated heterocycles. The quantitative estimate of drug-likeness (QED) is 0.546.